The van der Waals surface area contributed by atoms with E-state index < -0.39 is 5.97 Å². The van der Waals surface area contributed by atoms with Crippen LogP contribution in [0.2, 0.25) is 0 Å². The van der Waals surface area contributed by atoms with Crippen molar-refractivity contribution in [3.8, 4) is 0 Å². The number of hydrogen-bond acceptors (Lipinski definition) is 5. The molecule has 1 heterocycles. The molecule has 2 aromatic rings. The molecule has 6 heteroatoms. The molecule has 0 unspecified atom stereocenters. The van der Waals surface area contributed by atoms with Gasteiger partial charge in [-0.1, -0.05) is 55.5 Å². The predicted molar refractivity (Wildman–Crippen MR) is 110 cm³/mol. The van der Waals surface area contributed by atoms with Crippen molar-refractivity contribution in [2.45, 2.75) is 13.3 Å². The van der Waals surface area contributed by atoms with Crippen molar-refractivity contribution < 1.29 is 23.9 Å². The van der Waals surface area contributed by atoms with Crippen LogP contribution in [0.1, 0.15) is 34.1 Å². The fraction of sp³-hybridized carbons (Fsp3) is 0.250. The van der Waals surface area contributed by atoms with Crippen molar-refractivity contribution in [3.63, 3.8) is 0 Å². The van der Waals surface area contributed by atoms with Gasteiger partial charge in [-0.3, -0.25) is 19.3 Å². The third kappa shape index (κ3) is 3.56. The molecule has 0 bridgehead atoms. The Kier molecular flexibility index (Phi) is 5.31. The molecule has 152 valence electrons. The van der Waals surface area contributed by atoms with E-state index in [1.165, 1.54) is 17.0 Å². The van der Waals surface area contributed by atoms with Crippen molar-refractivity contribution >= 4 is 29.3 Å². The largest absolute Gasteiger partial charge is 0.454 e. The number of amides is 2. The molecule has 2 amide bonds. The fourth-order valence-electron chi connectivity index (χ4n) is 4.10. The number of ketones is 1. The van der Waals surface area contributed by atoms with E-state index in [2.05, 4.69) is 0 Å². The van der Waals surface area contributed by atoms with E-state index in [-0.39, 0.29) is 47.5 Å². The number of hydrogen-bond donors (Lipinski definition) is 0. The first kappa shape index (κ1) is 19.8. The lowest BCUT2D eigenvalue weighted by atomic mass is 9.78. The first-order valence-corrected chi connectivity index (χ1v) is 9.87. The van der Waals surface area contributed by atoms with E-state index in [4.69, 9.17) is 4.74 Å². The quantitative estimate of drug-likeness (QED) is 0.331. The van der Waals surface area contributed by atoms with Crippen LogP contribution in [0.3, 0.4) is 0 Å². The second-order valence-electron chi connectivity index (χ2n) is 7.58. The molecular weight excluding hydrogens is 382 g/mol. The molecule has 1 aliphatic heterocycles. The van der Waals surface area contributed by atoms with Crippen LogP contribution in [0.5, 0.6) is 0 Å². The maximum Gasteiger partial charge on any atom is 0.338 e. The summed E-state index contributed by atoms with van der Waals surface area (Å²) < 4.78 is 5.14. The van der Waals surface area contributed by atoms with Crippen molar-refractivity contribution in [2.24, 2.45) is 17.8 Å². The van der Waals surface area contributed by atoms with Gasteiger partial charge in [0.05, 0.1) is 23.1 Å². The second kappa shape index (κ2) is 8.06. The molecule has 0 aromatic heterocycles. The van der Waals surface area contributed by atoms with Crippen LogP contribution in [0.25, 0.3) is 0 Å². The molecule has 1 fully saturated rings. The molecule has 0 radical (unpaired) electrons. The van der Waals surface area contributed by atoms with Crippen molar-refractivity contribution in [1.82, 2.24) is 0 Å². The Morgan fingerprint density at radius 3 is 2.47 bits per heavy atom. The zero-order valence-corrected chi connectivity index (χ0v) is 16.5. The summed E-state index contributed by atoms with van der Waals surface area (Å²) in [5, 5.41) is 0. The minimum atomic E-state index is -0.687. The molecule has 1 saturated heterocycles. The van der Waals surface area contributed by atoms with Crippen LogP contribution < -0.4 is 4.90 Å². The third-order valence-corrected chi connectivity index (χ3v) is 5.64. The number of ether oxygens (including phenoxy) is 1. The normalized spacial score (nSPS) is 22.7. The summed E-state index contributed by atoms with van der Waals surface area (Å²) in [6.07, 6.45) is 4.45. The molecule has 2 aliphatic rings. The Morgan fingerprint density at radius 2 is 1.73 bits per heavy atom. The lowest BCUT2D eigenvalue weighted by Crippen LogP contribution is -2.31. The smallest absolute Gasteiger partial charge is 0.338 e. The van der Waals surface area contributed by atoms with Crippen molar-refractivity contribution in [1.29, 1.82) is 0 Å². The minimum absolute atomic E-state index is 0.0117. The van der Waals surface area contributed by atoms with Gasteiger partial charge < -0.3 is 4.74 Å². The van der Waals surface area contributed by atoms with Gasteiger partial charge in [0.1, 0.15) is 0 Å². The number of fused-ring (bicyclic) bond motifs is 1. The highest BCUT2D eigenvalue weighted by atomic mass is 16.5. The summed E-state index contributed by atoms with van der Waals surface area (Å²) in [6.45, 7) is 1.54. The minimum Gasteiger partial charge on any atom is -0.454 e. The van der Waals surface area contributed by atoms with E-state index in [9.17, 15) is 19.2 Å². The average molecular weight is 403 g/mol. The van der Waals surface area contributed by atoms with Crippen LogP contribution >= 0.6 is 0 Å². The van der Waals surface area contributed by atoms with E-state index in [1.54, 1.807) is 42.5 Å². The van der Waals surface area contributed by atoms with Crippen LogP contribution in [-0.2, 0) is 14.3 Å². The van der Waals surface area contributed by atoms with Crippen LogP contribution in [0, 0.1) is 17.8 Å². The molecule has 30 heavy (non-hydrogen) atoms. The molecule has 4 rings (SSSR count). The van der Waals surface area contributed by atoms with Gasteiger partial charge in [-0.15, -0.1) is 0 Å². The van der Waals surface area contributed by atoms with E-state index in [0.717, 1.165) is 0 Å². The number of carbonyl (C=O) groups is 4. The number of benzene rings is 2. The Hall–Kier alpha value is -3.54. The summed E-state index contributed by atoms with van der Waals surface area (Å²) in [5.74, 6) is -2.23. The average Bonchev–Trinajstić information content (AvgIpc) is 3.03. The highest BCUT2D eigenvalue weighted by molar-refractivity contribution is 6.22. The van der Waals surface area contributed by atoms with Gasteiger partial charge in [-0.05, 0) is 30.5 Å². The Morgan fingerprint density at radius 1 is 1.00 bits per heavy atom. The summed E-state index contributed by atoms with van der Waals surface area (Å²) in [7, 11) is 0. The molecule has 6 nitrogen and oxygen atoms in total. The zero-order valence-electron chi connectivity index (χ0n) is 16.5. The highest BCUT2D eigenvalue weighted by Crippen LogP contribution is 2.40. The molecule has 0 N–H and O–H groups in total. The topological polar surface area (TPSA) is 80.8 Å². The Bertz CT molecular complexity index is 1040. The molecule has 1 aliphatic carbocycles. The van der Waals surface area contributed by atoms with Crippen LogP contribution in [0.15, 0.2) is 66.7 Å². The van der Waals surface area contributed by atoms with Gasteiger partial charge in [-0.25, -0.2) is 4.79 Å². The van der Waals surface area contributed by atoms with Gasteiger partial charge >= 0.3 is 5.97 Å². The number of carbonyl (C=O) groups excluding carboxylic acids is 4. The van der Waals surface area contributed by atoms with Crippen molar-refractivity contribution in [3.05, 3.63) is 77.9 Å². The molecular formula is C24H21NO5. The predicted octanol–water partition coefficient (Wildman–Crippen LogP) is 3.43. The number of rotatable bonds is 5. The van der Waals surface area contributed by atoms with Crippen molar-refractivity contribution in [2.75, 3.05) is 11.5 Å². The van der Waals surface area contributed by atoms with Gasteiger partial charge in [-0.2, -0.15) is 0 Å². The number of nitrogens with zero attached hydrogens (tertiary/aromatic N) is 1. The molecule has 0 saturated carbocycles. The van der Waals surface area contributed by atoms with E-state index in [1.807, 2.05) is 19.1 Å². The summed E-state index contributed by atoms with van der Waals surface area (Å²) in [4.78, 5) is 51.5. The fourth-order valence-corrected chi connectivity index (χ4v) is 4.10. The second-order valence-corrected chi connectivity index (χ2v) is 7.58. The molecule has 2 aromatic carbocycles. The number of allylic oxidation sites excluding steroid dienone is 2. The van der Waals surface area contributed by atoms with Gasteiger partial charge in [0.25, 0.3) is 0 Å². The Labute approximate surface area is 174 Å². The lowest BCUT2D eigenvalue weighted by molar-refractivity contribution is -0.122. The van der Waals surface area contributed by atoms with Crippen LogP contribution in [0.4, 0.5) is 5.69 Å². The monoisotopic (exact) mass is 403 g/mol. The summed E-state index contributed by atoms with van der Waals surface area (Å²) in [5.41, 5.74) is 0.975. The number of Topliss-reactive ketones (excluding diaryl/α,β-unsaturated/α-hetero) is 1. The van der Waals surface area contributed by atoms with Gasteiger partial charge in [0.15, 0.2) is 12.4 Å². The zero-order chi connectivity index (χ0) is 21.3. The summed E-state index contributed by atoms with van der Waals surface area (Å²) in [6, 6.07) is 14.8. The van der Waals surface area contributed by atoms with Gasteiger partial charge in [0, 0.05) is 5.56 Å². The highest BCUT2D eigenvalue weighted by Gasteiger charge is 2.50. The molecule has 3 atom stereocenters. The number of anilines is 1. The standard InChI is InChI=1S/C24H21NO5/c1-15-7-5-12-19-21(15)23(28)25(22(19)27)18-11-6-10-17(13-18)24(29)30-14-20(26)16-8-3-2-4-9-16/h2-11,13,15,19,21H,12,14H2,1H3/t15-,19+,21+/m0/s1. The number of imide groups is 1. The Balaban J connectivity index is 1.49. The SMILES string of the molecule is C[C@H]1C=CC[C@H]2C(=O)N(c3cccc(C(=O)OCC(=O)c4ccccc4)c3)C(=O)[C@H]12. The molecule has 0 spiro atoms. The maximum absolute atomic E-state index is 12.9. The van der Waals surface area contributed by atoms with E-state index in [0.29, 0.717) is 17.7 Å². The lowest BCUT2D eigenvalue weighted by Gasteiger charge is -2.22. The number of esters is 1. The first-order valence-electron chi connectivity index (χ1n) is 9.87. The first-order chi connectivity index (χ1) is 14.5. The maximum atomic E-state index is 12.9. The van der Waals surface area contributed by atoms with Crippen LogP contribution in [-0.4, -0.2) is 30.2 Å². The van der Waals surface area contributed by atoms with Gasteiger partial charge in [0.2, 0.25) is 11.8 Å². The third-order valence-electron chi connectivity index (χ3n) is 5.64. The summed E-state index contributed by atoms with van der Waals surface area (Å²) >= 11 is 0. The van der Waals surface area contributed by atoms with E-state index >= 15 is 0 Å².